The van der Waals surface area contributed by atoms with Crippen molar-refractivity contribution in [2.75, 3.05) is 17.3 Å². The first kappa shape index (κ1) is 13.8. The molecule has 0 saturated heterocycles. The van der Waals surface area contributed by atoms with Crippen molar-refractivity contribution in [3.05, 3.63) is 35.6 Å². The molecule has 0 aliphatic rings. The number of rotatable bonds is 4. The molecule has 1 aromatic heterocycles. The van der Waals surface area contributed by atoms with Gasteiger partial charge in [0.1, 0.15) is 15.7 Å². The van der Waals surface area contributed by atoms with Crippen LogP contribution < -0.4 is 11.1 Å². The number of hydrogen-bond acceptors (Lipinski definition) is 6. The van der Waals surface area contributed by atoms with Gasteiger partial charge in [-0.3, -0.25) is 0 Å². The Morgan fingerprint density at radius 1 is 1.47 bits per heavy atom. The molecule has 1 heterocycles. The topological polar surface area (TPSA) is 85.1 Å². The van der Waals surface area contributed by atoms with Gasteiger partial charge < -0.3 is 11.1 Å². The summed E-state index contributed by atoms with van der Waals surface area (Å²) in [4.78, 5) is -0.00565. The number of benzene rings is 1. The normalized spacial score (nSPS) is 11.5. The zero-order chi connectivity index (χ0) is 14.0. The number of nitrogens with zero attached hydrogens (tertiary/aromatic N) is 1. The maximum Gasteiger partial charge on any atom is 0.182 e. The molecular weight excluding hydrogens is 289 g/mol. The van der Waals surface area contributed by atoms with Gasteiger partial charge in [-0.05, 0) is 29.2 Å². The molecule has 0 fully saturated rings. The minimum atomic E-state index is -3.45. The first-order valence-electron chi connectivity index (χ1n) is 5.31. The molecule has 0 aliphatic heterocycles. The Balaban J connectivity index is 2.21. The van der Waals surface area contributed by atoms with E-state index in [9.17, 15) is 12.8 Å². The van der Waals surface area contributed by atoms with Gasteiger partial charge in [-0.15, -0.1) is 0 Å². The number of halogens is 1. The lowest BCUT2D eigenvalue weighted by atomic mass is 10.2. The number of hydrogen-bond donors (Lipinski definition) is 2. The van der Waals surface area contributed by atoms with Crippen molar-refractivity contribution in [2.45, 2.75) is 11.4 Å². The molecule has 19 heavy (non-hydrogen) atoms. The second-order valence-corrected chi connectivity index (χ2v) is 6.71. The van der Waals surface area contributed by atoms with Crippen molar-refractivity contribution in [1.29, 1.82) is 0 Å². The van der Waals surface area contributed by atoms with Gasteiger partial charge in [0, 0.05) is 12.8 Å². The van der Waals surface area contributed by atoms with Gasteiger partial charge in [-0.2, -0.15) is 4.37 Å². The van der Waals surface area contributed by atoms with Gasteiger partial charge in [0.25, 0.3) is 0 Å². The fourth-order valence-electron chi connectivity index (χ4n) is 1.59. The van der Waals surface area contributed by atoms with E-state index in [0.717, 1.165) is 17.8 Å². The monoisotopic (exact) mass is 301 g/mol. The van der Waals surface area contributed by atoms with Crippen molar-refractivity contribution in [2.24, 2.45) is 0 Å². The van der Waals surface area contributed by atoms with Crippen LogP contribution in [0.15, 0.2) is 29.2 Å². The SMILES string of the molecule is CS(=O)(=O)c1c(N)nsc1NCc1cccc(F)c1. The van der Waals surface area contributed by atoms with Crippen LogP contribution in [0.2, 0.25) is 0 Å². The Kier molecular flexibility index (Phi) is 3.72. The second-order valence-electron chi connectivity index (χ2n) is 3.98. The van der Waals surface area contributed by atoms with E-state index in [1.54, 1.807) is 12.1 Å². The molecule has 102 valence electrons. The van der Waals surface area contributed by atoms with E-state index in [1.165, 1.54) is 12.1 Å². The number of nitrogen functional groups attached to an aromatic ring is 1. The maximum atomic E-state index is 13.0. The Bertz CT molecular complexity index is 698. The molecule has 0 spiro atoms. The van der Waals surface area contributed by atoms with Gasteiger partial charge in [0.05, 0.1) is 0 Å². The highest BCUT2D eigenvalue weighted by molar-refractivity contribution is 7.91. The highest BCUT2D eigenvalue weighted by Crippen LogP contribution is 2.31. The summed E-state index contributed by atoms with van der Waals surface area (Å²) in [6, 6.07) is 6.04. The minimum absolute atomic E-state index is 0.00565. The van der Waals surface area contributed by atoms with Crippen molar-refractivity contribution < 1.29 is 12.8 Å². The van der Waals surface area contributed by atoms with Crippen LogP contribution in [-0.4, -0.2) is 19.0 Å². The summed E-state index contributed by atoms with van der Waals surface area (Å²) in [7, 11) is -3.45. The summed E-state index contributed by atoms with van der Waals surface area (Å²) in [5, 5.41) is 3.28. The van der Waals surface area contributed by atoms with Crippen molar-refractivity contribution in [1.82, 2.24) is 4.37 Å². The molecule has 0 saturated carbocycles. The zero-order valence-corrected chi connectivity index (χ0v) is 11.7. The van der Waals surface area contributed by atoms with E-state index < -0.39 is 9.84 Å². The number of sulfone groups is 1. The van der Waals surface area contributed by atoms with Crippen LogP contribution >= 0.6 is 11.5 Å². The first-order valence-corrected chi connectivity index (χ1v) is 7.98. The van der Waals surface area contributed by atoms with Crippen LogP contribution in [0.25, 0.3) is 0 Å². The molecular formula is C11H12FN3O2S2. The number of nitrogens with one attached hydrogen (secondary N) is 1. The fraction of sp³-hybridized carbons (Fsp3) is 0.182. The molecule has 5 nitrogen and oxygen atoms in total. The van der Waals surface area contributed by atoms with Crippen LogP contribution in [0.5, 0.6) is 0 Å². The van der Waals surface area contributed by atoms with Crippen molar-refractivity contribution >= 4 is 32.2 Å². The minimum Gasteiger partial charge on any atom is -0.382 e. The van der Waals surface area contributed by atoms with E-state index in [-0.39, 0.29) is 16.5 Å². The Hall–Kier alpha value is -1.67. The molecule has 0 bridgehead atoms. The van der Waals surface area contributed by atoms with Crippen LogP contribution in [0, 0.1) is 5.82 Å². The van der Waals surface area contributed by atoms with Crippen molar-refractivity contribution in [3.8, 4) is 0 Å². The molecule has 3 N–H and O–H groups in total. The Morgan fingerprint density at radius 2 is 2.21 bits per heavy atom. The predicted molar refractivity (Wildman–Crippen MR) is 73.4 cm³/mol. The first-order chi connectivity index (χ1) is 8.88. The molecule has 0 amide bonds. The molecule has 8 heteroatoms. The maximum absolute atomic E-state index is 13.0. The van der Waals surface area contributed by atoms with Crippen LogP contribution in [0.4, 0.5) is 15.2 Å². The Labute approximate surface area is 114 Å². The summed E-state index contributed by atoms with van der Waals surface area (Å²) in [5.41, 5.74) is 6.24. The molecule has 0 radical (unpaired) electrons. The van der Waals surface area contributed by atoms with E-state index in [0.29, 0.717) is 17.1 Å². The second kappa shape index (κ2) is 5.14. The molecule has 1 aromatic carbocycles. The molecule has 0 aliphatic carbocycles. The quantitative estimate of drug-likeness (QED) is 0.900. The third kappa shape index (κ3) is 3.21. The Morgan fingerprint density at radius 3 is 2.84 bits per heavy atom. The average molecular weight is 301 g/mol. The van der Waals surface area contributed by atoms with Gasteiger partial charge >= 0.3 is 0 Å². The zero-order valence-electron chi connectivity index (χ0n) is 10.1. The average Bonchev–Trinajstić information content (AvgIpc) is 2.67. The lowest BCUT2D eigenvalue weighted by Crippen LogP contribution is -2.05. The van der Waals surface area contributed by atoms with Crippen LogP contribution in [-0.2, 0) is 16.4 Å². The summed E-state index contributed by atoms with van der Waals surface area (Å²) in [6.07, 6.45) is 1.07. The molecule has 0 unspecified atom stereocenters. The predicted octanol–water partition coefficient (Wildman–Crippen LogP) is 1.88. The van der Waals surface area contributed by atoms with E-state index in [4.69, 9.17) is 5.73 Å². The number of anilines is 2. The smallest absolute Gasteiger partial charge is 0.182 e. The van der Waals surface area contributed by atoms with E-state index >= 15 is 0 Å². The number of aromatic nitrogens is 1. The standard InChI is InChI=1S/C11H12FN3O2S2/c1-19(16,17)9-10(13)15-18-11(9)14-6-7-3-2-4-8(12)5-7/h2-5,14H,6H2,1H3,(H2,13,15). The highest BCUT2D eigenvalue weighted by atomic mass is 32.2. The summed E-state index contributed by atoms with van der Waals surface area (Å²) in [6.45, 7) is 0.294. The number of nitrogens with two attached hydrogens (primary N) is 1. The van der Waals surface area contributed by atoms with E-state index in [1.807, 2.05) is 0 Å². The van der Waals surface area contributed by atoms with Crippen LogP contribution in [0.3, 0.4) is 0 Å². The fourth-order valence-corrected chi connectivity index (χ4v) is 3.66. The van der Waals surface area contributed by atoms with Gasteiger partial charge in [-0.25, -0.2) is 12.8 Å². The summed E-state index contributed by atoms with van der Waals surface area (Å²) in [5.74, 6) is -0.360. The molecule has 2 rings (SSSR count). The van der Waals surface area contributed by atoms with Gasteiger partial charge in [0.15, 0.2) is 15.7 Å². The summed E-state index contributed by atoms with van der Waals surface area (Å²) >= 11 is 0.967. The molecule has 0 atom stereocenters. The highest BCUT2D eigenvalue weighted by Gasteiger charge is 2.20. The van der Waals surface area contributed by atoms with Crippen LogP contribution in [0.1, 0.15) is 5.56 Å². The summed E-state index contributed by atoms with van der Waals surface area (Å²) < 4.78 is 40.0. The van der Waals surface area contributed by atoms with Gasteiger partial charge in [0.2, 0.25) is 0 Å². The van der Waals surface area contributed by atoms with Crippen molar-refractivity contribution in [3.63, 3.8) is 0 Å². The lowest BCUT2D eigenvalue weighted by Gasteiger charge is -2.06. The third-order valence-electron chi connectivity index (χ3n) is 2.39. The van der Waals surface area contributed by atoms with Gasteiger partial charge in [-0.1, -0.05) is 12.1 Å². The third-order valence-corrected chi connectivity index (χ3v) is 4.49. The van der Waals surface area contributed by atoms with E-state index in [2.05, 4.69) is 9.69 Å². The molecule has 2 aromatic rings. The lowest BCUT2D eigenvalue weighted by molar-refractivity contribution is 0.602. The largest absolute Gasteiger partial charge is 0.382 e.